The minimum atomic E-state index is -0.000654. The number of amides is 1. The van der Waals surface area contributed by atoms with Gasteiger partial charge in [-0.25, -0.2) is 4.98 Å². The smallest absolute Gasteiger partial charge is 0.261 e. The molecule has 1 aromatic heterocycles. The molecule has 0 N–H and O–H groups in total. The van der Waals surface area contributed by atoms with Crippen molar-refractivity contribution in [3.05, 3.63) is 34.9 Å². The summed E-state index contributed by atoms with van der Waals surface area (Å²) in [5.74, 6) is 1.41. The summed E-state index contributed by atoms with van der Waals surface area (Å²) in [6, 6.07) is 5.37. The molecule has 0 bridgehead atoms. The van der Waals surface area contributed by atoms with Crippen molar-refractivity contribution in [1.82, 2.24) is 19.4 Å². The summed E-state index contributed by atoms with van der Waals surface area (Å²) in [7, 11) is 1.60. The second-order valence-corrected chi connectivity index (χ2v) is 7.89. The van der Waals surface area contributed by atoms with E-state index in [1.54, 1.807) is 36.2 Å². The number of benzene rings is 1. The summed E-state index contributed by atoms with van der Waals surface area (Å²) in [6.07, 6.45) is 5.92. The molecule has 2 saturated heterocycles. The van der Waals surface area contributed by atoms with Crippen LogP contribution in [0, 0.1) is 5.92 Å². The maximum atomic E-state index is 12.8. The normalized spacial score (nSPS) is 18.7. The van der Waals surface area contributed by atoms with E-state index in [1.165, 1.54) is 0 Å². The SMILES string of the molecule is COc1ccc2c(=O)n(CC3CCN(CC(=O)N4CCCC4)CC3)cnc2c1. The zero-order valence-corrected chi connectivity index (χ0v) is 16.5. The predicted octanol–water partition coefficient (Wildman–Crippen LogP) is 1.74. The maximum absolute atomic E-state index is 12.8. The predicted molar refractivity (Wildman–Crippen MR) is 108 cm³/mol. The Kier molecular flexibility index (Phi) is 5.62. The van der Waals surface area contributed by atoms with Crippen molar-refractivity contribution in [2.24, 2.45) is 5.92 Å². The molecule has 1 aromatic carbocycles. The van der Waals surface area contributed by atoms with Crippen LogP contribution in [0.25, 0.3) is 10.9 Å². The van der Waals surface area contributed by atoms with Crippen molar-refractivity contribution < 1.29 is 9.53 Å². The van der Waals surface area contributed by atoms with Crippen LogP contribution in [0.1, 0.15) is 25.7 Å². The molecule has 150 valence electrons. The summed E-state index contributed by atoms with van der Waals surface area (Å²) < 4.78 is 6.93. The van der Waals surface area contributed by atoms with Crippen LogP contribution in [0.4, 0.5) is 0 Å². The Morgan fingerprint density at radius 2 is 1.93 bits per heavy atom. The number of fused-ring (bicyclic) bond motifs is 1. The molecule has 0 spiro atoms. The third kappa shape index (κ3) is 4.04. The molecule has 0 atom stereocenters. The van der Waals surface area contributed by atoms with Crippen LogP contribution in [-0.4, -0.2) is 65.1 Å². The summed E-state index contributed by atoms with van der Waals surface area (Å²) in [5, 5.41) is 0.622. The fourth-order valence-corrected chi connectivity index (χ4v) is 4.26. The number of likely N-dealkylation sites (tertiary alicyclic amines) is 2. The molecule has 4 rings (SSSR count). The van der Waals surface area contributed by atoms with Crippen molar-refractivity contribution in [2.75, 3.05) is 39.8 Å². The fraction of sp³-hybridized carbons (Fsp3) is 0.571. The average Bonchev–Trinajstić information content (AvgIpc) is 3.26. The Hall–Kier alpha value is -2.41. The van der Waals surface area contributed by atoms with Crippen molar-refractivity contribution in [3.8, 4) is 5.75 Å². The topological polar surface area (TPSA) is 67.7 Å². The zero-order valence-electron chi connectivity index (χ0n) is 16.5. The number of hydrogen-bond acceptors (Lipinski definition) is 5. The van der Waals surface area contributed by atoms with Crippen LogP contribution in [0.15, 0.2) is 29.3 Å². The van der Waals surface area contributed by atoms with Crippen molar-refractivity contribution in [3.63, 3.8) is 0 Å². The highest BCUT2D eigenvalue weighted by Crippen LogP contribution is 2.20. The third-order valence-corrected chi connectivity index (χ3v) is 6.01. The lowest BCUT2D eigenvalue weighted by Gasteiger charge is -2.32. The molecule has 28 heavy (non-hydrogen) atoms. The average molecular weight is 384 g/mol. The van der Waals surface area contributed by atoms with E-state index in [-0.39, 0.29) is 11.5 Å². The largest absolute Gasteiger partial charge is 0.497 e. The number of nitrogens with zero attached hydrogens (tertiary/aromatic N) is 4. The Bertz CT molecular complexity index is 896. The Morgan fingerprint density at radius 3 is 2.64 bits per heavy atom. The number of ether oxygens (including phenoxy) is 1. The highest BCUT2D eigenvalue weighted by Gasteiger charge is 2.24. The van der Waals surface area contributed by atoms with Gasteiger partial charge in [0.2, 0.25) is 5.91 Å². The van der Waals surface area contributed by atoms with Crippen molar-refractivity contribution in [2.45, 2.75) is 32.2 Å². The molecular weight excluding hydrogens is 356 g/mol. The minimum Gasteiger partial charge on any atom is -0.497 e. The van der Waals surface area contributed by atoms with Gasteiger partial charge in [0.1, 0.15) is 5.75 Å². The first kappa shape index (κ1) is 18.9. The van der Waals surface area contributed by atoms with Gasteiger partial charge >= 0.3 is 0 Å². The number of aromatic nitrogens is 2. The lowest BCUT2D eigenvalue weighted by molar-refractivity contribution is -0.131. The molecule has 7 heteroatoms. The van der Waals surface area contributed by atoms with Crippen molar-refractivity contribution in [1.29, 1.82) is 0 Å². The molecule has 2 fully saturated rings. The van der Waals surface area contributed by atoms with Crippen LogP contribution in [-0.2, 0) is 11.3 Å². The van der Waals surface area contributed by atoms with Crippen LogP contribution >= 0.6 is 0 Å². The Morgan fingerprint density at radius 1 is 1.18 bits per heavy atom. The fourth-order valence-electron chi connectivity index (χ4n) is 4.26. The van der Waals surface area contributed by atoms with Crippen LogP contribution in [0.5, 0.6) is 5.75 Å². The third-order valence-electron chi connectivity index (χ3n) is 6.01. The van der Waals surface area contributed by atoms with Gasteiger partial charge in [-0.2, -0.15) is 0 Å². The van der Waals surface area contributed by atoms with Gasteiger partial charge in [-0.1, -0.05) is 0 Å². The van der Waals surface area contributed by atoms with E-state index in [4.69, 9.17) is 4.74 Å². The summed E-state index contributed by atoms with van der Waals surface area (Å²) >= 11 is 0. The van der Waals surface area contributed by atoms with E-state index in [1.807, 2.05) is 4.90 Å². The number of carbonyl (C=O) groups excluding carboxylic acids is 1. The molecule has 2 aliphatic heterocycles. The minimum absolute atomic E-state index is 0.000654. The second kappa shape index (κ2) is 8.31. The van der Waals surface area contributed by atoms with Crippen molar-refractivity contribution >= 4 is 16.8 Å². The van der Waals surface area contributed by atoms with Gasteiger partial charge in [0.05, 0.1) is 30.9 Å². The Balaban J connectivity index is 1.35. The number of piperidine rings is 1. The summed E-state index contributed by atoms with van der Waals surface area (Å²) in [4.78, 5) is 33.8. The van der Waals surface area contributed by atoms with Gasteiger partial charge in [-0.3, -0.25) is 19.1 Å². The number of hydrogen-bond donors (Lipinski definition) is 0. The van der Waals surface area contributed by atoms with Crippen LogP contribution in [0.2, 0.25) is 0 Å². The standard InChI is InChI=1S/C21H28N4O3/c1-28-17-4-5-18-19(12-17)22-15-25(21(18)27)13-16-6-10-23(11-7-16)14-20(26)24-8-2-3-9-24/h4-5,12,15-16H,2-3,6-11,13-14H2,1H3. The van der Waals surface area contributed by atoms with Gasteiger partial charge in [0.15, 0.2) is 0 Å². The van der Waals surface area contributed by atoms with Gasteiger partial charge in [-0.05, 0) is 56.8 Å². The lowest BCUT2D eigenvalue weighted by atomic mass is 9.96. The molecule has 1 amide bonds. The Labute approximate surface area is 164 Å². The molecule has 7 nitrogen and oxygen atoms in total. The highest BCUT2D eigenvalue weighted by molar-refractivity contribution is 5.79. The number of methoxy groups -OCH3 is 1. The maximum Gasteiger partial charge on any atom is 0.261 e. The quantitative estimate of drug-likeness (QED) is 0.786. The van der Waals surface area contributed by atoms with E-state index in [0.29, 0.717) is 35.7 Å². The van der Waals surface area contributed by atoms with Crippen LogP contribution < -0.4 is 10.3 Å². The highest BCUT2D eigenvalue weighted by atomic mass is 16.5. The van der Waals surface area contributed by atoms with E-state index in [2.05, 4.69) is 9.88 Å². The van der Waals surface area contributed by atoms with Gasteiger partial charge in [0.25, 0.3) is 5.56 Å². The van der Waals surface area contributed by atoms with E-state index in [0.717, 1.165) is 51.9 Å². The molecule has 0 radical (unpaired) electrons. The molecule has 0 aliphatic carbocycles. The molecule has 0 unspecified atom stereocenters. The zero-order chi connectivity index (χ0) is 19.5. The van der Waals surface area contributed by atoms with E-state index >= 15 is 0 Å². The van der Waals surface area contributed by atoms with Crippen LogP contribution in [0.3, 0.4) is 0 Å². The van der Waals surface area contributed by atoms with Gasteiger partial charge < -0.3 is 9.64 Å². The molecule has 2 aliphatic rings. The molecule has 0 saturated carbocycles. The number of carbonyl (C=O) groups is 1. The molecule has 2 aromatic rings. The summed E-state index contributed by atoms with van der Waals surface area (Å²) in [6.45, 7) is 4.88. The lowest BCUT2D eigenvalue weighted by Crippen LogP contribution is -2.43. The van der Waals surface area contributed by atoms with Gasteiger partial charge in [0, 0.05) is 25.7 Å². The number of rotatable bonds is 5. The van der Waals surface area contributed by atoms with Gasteiger partial charge in [-0.15, -0.1) is 0 Å². The van der Waals surface area contributed by atoms with E-state index < -0.39 is 0 Å². The second-order valence-electron chi connectivity index (χ2n) is 7.89. The monoisotopic (exact) mass is 384 g/mol. The first-order valence-corrected chi connectivity index (χ1v) is 10.2. The first-order valence-electron chi connectivity index (χ1n) is 10.2. The first-order chi connectivity index (χ1) is 13.6. The summed E-state index contributed by atoms with van der Waals surface area (Å²) in [5.41, 5.74) is 0.662. The van der Waals surface area contributed by atoms with E-state index in [9.17, 15) is 9.59 Å². The molecular formula is C21H28N4O3. The molecule has 3 heterocycles.